The number of benzene rings is 2. The third-order valence-corrected chi connectivity index (χ3v) is 7.74. The van der Waals surface area contributed by atoms with Gasteiger partial charge in [0.25, 0.3) is 5.91 Å². The largest absolute Gasteiger partial charge is 0.427 e. The van der Waals surface area contributed by atoms with E-state index in [1.54, 1.807) is 12.1 Å². The molecular formula is C28H29F4N3O5. The predicted octanol–water partition coefficient (Wildman–Crippen LogP) is 4.52. The molecular weight excluding hydrogens is 534 g/mol. The number of imide groups is 1. The highest BCUT2D eigenvalue weighted by Gasteiger charge is 2.58. The predicted molar refractivity (Wildman–Crippen MR) is 135 cm³/mol. The van der Waals surface area contributed by atoms with Crippen molar-refractivity contribution >= 4 is 23.6 Å². The van der Waals surface area contributed by atoms with Gasteiger partial charge in [0.2, 0.25) is 11.5 Å². The lowest BCUT2D eigenvalue weighted by Crippen LogP contribution is -2.51. The number of ether oxygens (including phenoxy) is 2. The fourth-order valence-corrected chi connectivity index (χ4v) is 5.43. The number of hydrogen-bond acceptors (Lipinski definition) is 6. The zero-order valence-corrected chi connectivity index (χ0v) is 21.8. The summed E-state index contributed by atoms with van der Waals surface area (Å²) in [6, 6.07) is 7.80. The fraction of sp³-hybridized carbons (Fsp3) is 0.464. The van der Waals surface area contributed by atoms with Crippen LogP contribution in [-0.2, 0) is 37.6 Å². The fourth-order valence-electron chi connectivity index (χ4n) is 5.43. The Kier molecular flexibility index (Phi) is 7.47. The second-order valence-electron chi connectivity index (χ2n) is 10.3. The number of carbonyl (C=O) groups excluding carboxylic acids is 3. The van der Waals surface area contributed by atoms with Gasteiger partial charge in [-0.3, -0.25) is 9.59 Å². The first-order valence-electron chi connectivity index (χ1n) is 13.1. The van der Waals surface area contributed by atoms with Crippen LogP contribution >= 0.6 is 0 Å². The molecule has 0 bridgehead atoms. The van der Waals surface area contributed by atoms with Crippen molar-refractivity contribution < 1.29 is 41.4 Å². The Labute approximate surface area is 228 Å². The minimum atomic E-state index is -4.77. The maximum absolute atomic E-state index is 13.6. The third-order valence-electron chi connectivity index (χ3n) is 7.74. The summed E-state index contributed by atoms with van der Waals surface area (Å²) in [5, 5.41) is 3.32. The molecule has 2 heterocycles. The number of nitrogens with one attached hydrogen (secondary N) is 1. The first-order chi connectivity index (χ1) is 19.0. The Morgan fingerprint density at radius 2 is 1.95 bits per heavy atom. The number of alkyl halides is 3. The third kappa shape index (κ3) is 5.36. The van der Waals surface area contributed by atoms with Crippen LogP contribution in [0.1, 0.15) is 42.9 Å². The van der Waals surface area contributed by atoms with Gasteiger partial charge in [0.05, 0.1) is 6.10 Å². The number of hydrogen-bond donors (Lipinski definition) is 1. The molecule has 1 aliphatic carbocycles. The number of carbonyl (C=O) groups is 3. The highest BCUT2D eigenvalue weighted by Crippen LogP contribution is 2.46. The van der Waals surface area contributed by atoms with E-state index in [4.69, 9.17) is 9.47 Å². The van der Waals surface area contributed by atoms with Crippen molar-refractivity contribution in [2.75, 3.05) is 25.0 Å². The normalized spacial score (nSPS) is 22.9. The number of fused-ring (bicyclic) bond motifs is 2. The summed E-state index contributed by atoms with van der Waals surface area (Å²) < 4.78 is 65.4. The number of nitrogens with zero attached hydrogens (tertiary/aromatic N) is 2. The molecule has 0 radical (unpaired) electrons. The Hall–Kier alpha value is -3.67. The molecule has 2 fully saturated rings. The quantitative estimate of drug-likeness (QED) is 0.476. The molecule has 12 heteroatoms. The van der Waals surface area contributed by atoms with Crippen LogP contribution < -0.4 is 5.32 Å². The van der Waals surface area contributed by atoms with Crippen molar-refractivity contribution in [2.45, 2.75) is 63.1 Å². The smallest absolute Gasteiger partial charge is 0.418 e. The summed E-state index contributed by atoms with van der Waals surface area (Å²) in [5.41, 5.74) is 0.751. The molecule has 2 aliphatic heterocycles. The first-order valence-corrected chi connectivity index (χ1v) is 13.1. The zero-order valence-electron chi connectivity index (χ0n) is 21.8. The first kappa shape index (κ1) is 27.9. The van der Waals surface area contributed by atoms with E-state index in [0.29, 0.717) is 28.3 Å². The number of amides is 3. The van der Waals surface area contributed by atoms with E-state index in [-0.39, 0.29) is 18.1 Å². The number of aryl methyl sites for hydroxylation is 1. The molecule has 2 saturated heterocycles. The summed E-state index contributed by atoms with van der Waals surface area (Å²) in [4.78, 5) is 40.6. The van der Waals surface area contributed by atoms with Gasteiger partial charge in [0.1, 0.15) is 18.4 Å². The Morgan fingerprint density at radius 3 is 2.62 bits per heavy atom. The van der Waals surface area contributed by atoms with E-state index in [1.165, 1.54) is 12.1 Å². The molecule has 5 rings (SSSR count). The molecule has 8 nitrogen and oxygen atoms in total. The summed E-state index contributed by atoms with van der Waals surface area (Å²) in [5.74, 6) is -2.46. The molecule has 214 valence electrons. The van der Waals surface area contributed by atoms with E-state index in [1.807, 2.05) is 6.07 Å². The van der Waals surface area contributed by atoms with Crippen LogP contribution in [-0.4, -0.2) is 65.7 Å². The van der Waals surface area contributed by atoms with Gasteiger partial charge < -0.3 is 19.7 Å². The highest BCUT2D eigenvalue weighted by atomic mass is 19.4. The molecule has 1 spiro atoms. The van der Waals surface area contributed by atoms with Gasteiger partial charge in [0, 0.05) is 37.4 Å². The van der Waals surface area contributed by atoms with Crippen LogP contribution in [0, 0.1) is 5.82 Å². The van der Waals surface area contributed by atoms with Crippen LogP contribution in [0.5, 0.6) is 0 Å². The van der Waals surface area contributed by atoms with Crippen LogP contribution in [0.15, 0.2) is 42.5 Å². The van der Waals surface area contributed by atoms with Crippen LogP contribution in [0.2, 0.25) is 0 Å². The Balaban J connectivity index is 1.32. The van der Waals surface area contributed by atoms with Gasteiger partial charge in [-0.05, 0) is 61.6 Å². The standard InChI is InChI=1S/C28H29F4N3O5/c1-17(28(30,31)32)34(15-18-4-6-20(29)7-5-18)24(36)16-35-25(37)27(40-26(35)38)11-10-19-13-21(8-9-23(19)27)33-14-22-3-2-12-39-22/h4-9,13,17,22,33H,2-3,10-12,14-16H2,1H3/t17?,22?,27-/m1/s1. The minimum absolute atomic E-state index is 0.130. The van der Waals surface area contributed by atoms with Gasteiger partial charge in [-0.15, -0.1) is 0 Å². The van der Waals surface area contributed by atoms with E-state index in [2.05, 4.69) is 5.32 Å². The molecule has 3 aliphatic rings. The van der Waals surface area contributed by atoms with Gasteiger partial charge in [-0.1, -0.05) is 18.2 Å². The average Bonchev–Trinajstić information content (AvgIpc) is 3.62. The van der Waals surface area contributed by atoms with Crippen LogP contribution in [0.4, 0.5) is 28.0 Å². The summed E-state index contributed by atoms with van der Waals surface area (Å²) in [6.45, 7) is 0.776. The number of rotatable bonds is 8. The summed E-state index contributed by atoms with van der Waals surface area (Å²) in [7, 11) is 0. The van der Waals surface area contributed by atoms with Gasteiger partial charge in [0.15, 0.2) is 0 Å². The maximum Gasteiger partial charge on any atom is 0.418 e. The lowest BCUT2D eigenvalue weighted by Gasteiger charge is -2.31. The topological polar surface area (TPSA) is 88.2 Å². The molecule has 2 aromatic rings. The molecule has 1 N–H and O–H groups in total. The lowest BCUT2D eigenvalue weighted by atomic mass is 9.94. The monoisotopic (exact) mass is 563 g/mol. The highest BCUT2D eigenvalue weighted by molar-refractivity contribution is 6.06. The van der Waals surface area contributed by atoms with Crippen molar-refractivity contribution in [3.8, 4) is 0 Å². The molecule has 2 unspecified atom stereocenters. The summed E-state index contributed by atoms with van der Waals surface area (Å²) in [6.07, 6.45) is -3.14. The van der Waals surface area contributed by atoms with Crippen molar-refractivity contribution in [3.05, 3.63) is 65.0 Å². The van der Waals surface area contributed by atoms with Crippen molar-refractivity contribution in [2.24, 2.45) is 0 Å². The van der Waals surface area contributed by atoms with E-state index >= 15 is 0 Å². The molecule has 3 atom stereocenters. The van der Waals surface area contributed by atoms with Gasteiger partial charge in [-0.2, -0.15) is 13.2 Å². The second kappa shape index (κ2) is 10.7. The second-order valence-corrected chi connectivity index (χ2v) is 10.3. The Bertz CT molecular complexity index is 1300. The molecule has 0 aromatic heterocycles. The van der Waals surface area contributed by atoms with Crippen LogP contribution in [0.25, 0.3) is 0 Å². The van der Waals surface area contributed by atoms with E-state index in [0.717, 1.165) is 49.8 Å². The summed E-state index contributed by atoms with van der Waals surface area (Å²) >= 11 is 0. The molecule has 3 amide bonds. The van der Waals surface area contributed by atoms with Crippen molar-refractivity contribution in [3.63, 3.8) is 0 Å². The molecule has 40 heavy (non-hydrogen) atoms. The van der Waals surface area contributed by atoms with E-state index < -0.39 is 54.6 Å². The average molecular weight is 564 g/mol. The lowest BCUT2D eigenvalue weighted by molar-refractivity contribution is -0.187. The number of halogens is 4. The maximum atomic E-state index is 13.6. The van der Waals surface area contributed by atoms with Crippen LogP contribution in [0.3, 0.4) is 0 Å². The SMILES string of the molecule is CC(N(Cc1ccc(F)cc1)C(=O)CN1C(=O)O[C@@]2(CCc3cc(NCC4CCCO4)ccc32)C1=O)C(F)(F)F. The zero-order chi connectivity index (χ0) is 28.7. The molecule has 0 saturated carbocycles. The van der Waals surface area contributed by atoms with Crippen molar-refractivity contribution in [1.29, 1.82) is 0 Å². The number of anilines is 1. The van der Waals surface area contributed by atoms with Gasteiger partial charge >= 0.3 is 12.3 Å². The Morgan fingerprint density at radius 1 is 1.20 bits per heavy atom. The molecule has 2 aromatic carbocycles. The van der Waals surface area contributed by atoms with Crippen molar-refractivity contribution in [1.82, 2.24) is 9.80 Å². The van der Waals surface area contributed by atoms with E-state index in [9.17, 15) is 31.9 Å². The van der Waals surface area contributed by atoms with Gasteiger partial charge in [-0.25, -0.2) is 14.1 Å². The minimum Gasteiger partial charge on any atom is -0.427 e.